The zero-order chi connectivity index (χ0) is 15.8. The summed E-state index contributed by atoms with van der Waals surface area (Å²) in [4.78, 5) is 9.36. The molecule has 0 N–H and O–H groups in total. The Morgan fingerprint density at radius 3 is 2.75 bits per heavy atom. The van der Waals surface area contributed by atoms with Crippen molar-refractivity contribution >= 4 is 49.9 Å². The monoisotopic (exact) mass is 312 g/mol. The maximum Gasteiger partial charge on any atom is 0.229 e. The van der Waals surface area contributed by atoms with Crippen LogP contribution in [0.2, 0.25) is 0 Å². The van der Waals surface area contributed by atoms with Gasteiger partial charge in [-0.25, -0.2) is 9.97 Å². The van der Waals surface area contributed by atoms with Gasteiger partial charge >= 0.3 is 0 Å². The summed E-state index contributed by atoms with van der Waals surface area (Å²) >= 11 is 0. The van der Waals surface area contributed by atoms with Crippen LogP contribution in [0.25, 0.3) is 49.9 Å². The van der Waals surface area contributed by atoms with Gasteiger partial charge in [0.05, 0.1) is 33.6 Å². The summed E-state index contributed by atoms with van der Waals surface area (Å²) in [6.45, 7) is 0. The summed E-state index contributed by atoms with van der Waals surface area (Å²) in [5.74, 6) is 0.908. The molecule has 0 amide bonds. The largest absolute Gasteiger partial charge is 0.438 e. The van der Waals surface area contributed by atoms with Crippen LogP contribution < -0.4 is 0 Å². The third kappa shape index (κ3) is 1.27. The van der Waals surface area contributed by atoms with Crippen LogP contribution in [0.15, 0.2) is 59.1 Å². The summed E-state index contributed by atoms with van der Waals surface area (Å²) in [7, 11) is 2.05. The van der Waals surface area contributed by atoms with Gasteiger partial charge in [-0.1, -0.05) is 30.3 Å². The van der Waals surface area contributed by atoms with Gasteiger partial charge in [0.15, 0.2) is 0 Å². The molecule has 0 fully saturated rings. The first-order valence-electron chi connectivity index (χ1n) is 7.85. The highest BCUT2D eigenvalue weighted by Gasteiger charge is 2.19. The van der Waals surface area contributed by atoms with E-state index in [1.165, 1.54) is 0 Å². The number of benzene rings is 2. The molecule has 5 nitrogen and oxygen atoms in total. The van der Waals surface area contributed by atoms with E-state index >= 15 is 0 Å². The van der Waals surface area contributed by atoms with Gasteiger partial charge in [-0.05, 0) is 18.2 Å². The molecule has 0 unspecified atom stereocenters. The minimum Gasteiger partial charge on any atom is -0.438 e. The average Bonchev–Trinajstić information content (AvgIpc) is 3.25. The lowest BCUT2D eigenvalue weighted by Crippen LogP contribution is -1.89. The Bertz CT molecular complexity index is 1420. The average molecular weight is 312 g/mol. The molecule has 6 aromatic rings. The van der Waals surface area contributed by atoms with Crippen LogP contribution in [0.4, 0.5) is 0 Å². The number of furan rings is 1. The number of hydrogen-bond acceptors (Lipinski definition) is 3. The first kappa shape index (κ1) is 12.1. The van der Waals surface area contributed by atoms with Crippen LogP contribution in [0, 0.1) is 0 Å². The molecular weight excluding hydrogens is 300 g/mol. The Hall–Kier alpha value is -3.34. The lowest BCUT2D eigenvalue weighted by atomic mass is 10.2. The highest BCUT2D eigenvalue weighted by molar-refractivity contribution is 6.16. The minimum atomic E-state index is 0.664. The number of fused-ring (bicyclic) bond motifs is 9. The lowest BCUT2D eigenvalue weighted by molar-refractivity contribution is 0.654. The summed E-state index contributed by atoms with van der Waals surface area (Å²) < 4.78 is 10.2. The second-order valence-electron chi connectivity index (χ2n) is 6.07. The third-order valence-electron chi connectivity index (χ3n) is 4.78. The molecule has 0 aliphatic rings. The van der Waals surface area contributed by atoms with E-state index in [0.29, 0.717) is 5.71 Å². The molecular formula is C19H12N4O. The fourth-order valence-electron chi connectivity index (χ4n) is 3.74. The standard InChI is InChI=1S/C19H12N4O/c1-22-17-14(23-13-8-4-3-7-12(13)21-19(22)23)10-20-18-16(17)11-6-2-5-9-15(11)24-18/h2-10H,1H3. The van der Waals surface area contributed by atoms with E-state index in [9.17, 15) is 0 Å². The van der Waals surface area contributed by atoms with E-state index in [2.05, 4.69) is 26.1 Å². The van der Waals surface area contributed by atoms with Gasteiger partial charge in [0, 0.05) is 12.4 Å². The Kier molecular flexibility index (Phi) is 1.99. The van der Waals surface area contributed by atoms with E-state index in [-0.39, 0.29) is 0 Å². The summed E-state index contributed by atoms with van der Waals surface area (Å²) in [5.41, 5.74) is 5.74. The molecule has 6 rings (SSSR count). The zero-order valence-corrected chi connectivity index (χ0v) is 12.9. The molecule has 4 aromatic heterocycles. The molecule has 0 atom stereocenters. The topological polar surface area (TPSA) is 48.3 Å². The molecule has 0 bridgehead atoms. The van der Waals surface area contributed by atoms with Crippen LogP contribution in [0.1, 0.15) is 0 Å². The van der Waals surface area contributed by atoms with Crippen LogP contribution in [-0.4, -0.2) is 18.9 Å². The lowest BCUT2D eigenvalue weighted by Gasteiger charge is -1.98. The van der Waals surface area contributed by atoms with E-state index in [1.807, 2.05) is 49.6 Å². The minimum absolute atomic E-state index is 0.664. The smallest absolute Gasteiger partial charge is 0.229 e. The van der Waals surface area contributed by atoms with Gasteiger partial charge in [-0.2, -0.15) is 0 Å². The normalized spacial score (nSPS) is 12.4. The molecule has 24 heavy (non-hydrogen) atoms. The van der Waals surface area contributed by atoms with E-state index in [0.717, 1.165) is 44.2 Å². The second kappa shape index (κ2) is 3.94. The Balaban J connectivity index is 1.97. The van der Waals surface area contributed by atoms with Crippen LogP contribution in [-0.2, 0) is 7.05 Å². The maximum atomic E-state index is 5.92. The highest BCUT2D eigenvalue weighted by atomic mass is 16.3. The SMILES string of the molecule is Cn1c2c3c(ncc2n2c4ccccc4nc12)oc1ccccc13. The number of aryl methyl sites for hydroxylation is 1. The maximum absolute atomic E-state index is 5.92. The molecule has 0 aliphatic heterocycles. The molecule has 2 aromatic carbocycles. The van der Waals surface area contributed by atoms with Gasteiger partial charge in [0.25, 0.3) is 0 Å². The molecule has 0 saturated heterocycles. The van der Waals surface area contributed by atoms with Crippen LogP contribution in [0.5, 0.6) is 0 Å². The van der Waals surface area contributed by atoms with Crippen molar-refractivity contribution in [2.75, 3.05) is 0 Å². The van der Waals surface area contributed by atoms with Crippen LogP contribution in [0.3, 0.4) is 0 Å². The number of para-hydroxylation sites is 3. The Morgan fingerprint density at radius 1 is 0.958 bits per heavy atom. The molecule has 114 valence electrons. The predicted molar refractivity (Wildman–Crippen MR) is 94.2 cm³/mol. The van der Waals surface area contributed by atoms with Gasteiger partial charge < -0.3 is 8.98 Å². The first-order valence-corrected chi connectivity index (χ1v) is 7.85. The summed E-state index contributed by atoms with van der Waals surface area (Å²) in [6.07, 6.45) is 1.88. The highest BCUT2D eigenvalue weighted by Crippen LogP contribution is 2.35. The fourth-order valence-corrected chi connectivity index (χ4v) is 3.74. The molecule has 5 heteroatoms. The molecule has 0 spiro atoms. The van der Waals surface area contributed by atoms with Crippen molar-refractivity contribution in [3.8, 4) is 0 Å². The first-order chi connectivity index (χ1) is 11.8. The van der Waals surface area contributed by atoms with Crippen molar-refractivity contribution in [1.82, 2.24) is 18.9 Å². The van der Waals surface area contributed by atoms with Crippen molar-refractivity contribution in [3.05, 3.63) is 54.7 Å². The van der Waals surface area contributed by atoms with E-state index in [4.69, 9.17) is 9.40 Å². The quantitative estimate of drug-likeness (QED) is 0.421. The number of pyridine rings is 1. The van der Waals surface area contributed by atoms with Crippen molar-refractivity contribution in [2.45, 2.75) is 0 Å². The fraction of sp³-hybridized carbons (Fsp3) is 0.0526. The number of aromatic nitrogens is 4. The van der Waals surface area contributed by atoms with Crippen LogP contribution >= 0.6 is 0 Å². The zero-order valence-electron chi connectivity index (χ0n) is 12.9. The Labute approximate surface area is 135 Å². The summed E-state index contributed by atoms with van der Waals surface area (Å²) in [5, 5.41) is 2.12. The summed E-state index contributed by atoms with van der Waals surface area (Å²) in [6, 6.07) is 16.2. The number of hydrogen-bond donors (Lipinski definition) is 0. The third-order valence-corrected chi connectivity index (χ3v) is 4.78. The number of nitrogens with zero attached hydrogens (tertiary/aromatic N) is 4. The van der Waals surface area contributed by atoms with Crippen molar-refractivity contribution in [1.29, 1.82) is 0 Å². The van der Waals surface area contributed by atoms with E-state index < -0.39 is 0 Å². The van der Waals surface area contributed by atoms with Gasteiger partial charge in [0.2, 0.25) is 11.5 Å². The molecule has 4 heterocycles. The second-order valence-corrected chi connectivity index (χ2v) is 6.07. The Morgan fingerprint density at radius 2 is 1.79 bits per heavy atom. The molecule has 0 aliphatic carbocycles. The molecule has 0 saturated carbocycles. The van der Waals surface area contributed by atoms with E-state index in [1.54, 1.807) is 0 Å². The number of imidazole rings is 2. The van der Waals surface area contributed by atoms with Gasteiger partial charge in [0.1, 0.15) is 5.58 Å². The van der Waals surface area contributed by atoms with Crippen molar-refractivity contribution in [3.63, 3.8) is 0 Å². The number of rotatable bonds is 0. The van der Waals surface area contributed by atoms with Crippen molar-refractivity contribution in [2.24, 2.45) is 7.05 Å². The van der Waals surface area contributed by atoms with Gasteiger partial charge in [-0.3, -0.25) is 4.40 Å². The predicted octanol–water partition coefficient (Wildman–Crippen LogP) is 4.27. The van der Waals surface area contributed by atoms with Gasteiger partial charge in [-0.15, -0.1) is 0 Å². The van der Waals surface area contributed by atoms with Crippen molar-refractivity contribution < 1.29 is 4.42 Å². The molecule has 0 radical (unpaired) electrons.